The van der Waals surface area contributed by atoms with Gasteiger partial charge >= 0.3 is 0 Å². The smallest absolute Gasteiger partial charge is 0.135 e. The molecule has 5 heteroatoms. The lowest BCUT2D eigenvalue weighted by molar-refractivity contribution is 0.289. The van der Waals surface area contributed by atoms with E-state index in [9.17, 15) is 4.39 Å². The van der Waals surface area contributed by atoms with Gasteiger partial charge < -0.3 is 15.7 Å². The van der Waals surface area contributed by atoms with E-state index in [1.807, 2.05) is 11.8 Å². The second-order valence-corrected chi connectivity index (χ2v) is 4.13. The van der Waals surface area contributed by atoms with Crippen LogP contribution in [0.15, 0.2) is 18.2 Å². The number of benzene rings is 1. The highest BCUT2D eigenvalue weighted by molar-refractivity contribution is 7.80. The summed E-state index contributed by atoms with van der Waals surface area (Å²) in [6, 6.07) is 4.81. The van der Waals surface area contributed by atoms with E-state index in [0.717, 1.165) is 12.2 Å². The van der Waals surface area contributed by atoms with Gasteiger partial charge in [0, 0.05) is 30.9 Å². The maximum atomic E-state index is 13.7. The number of nitrogens with two attached hydrogens (primary N) is 1. The van der Waals surface area contributed by atoms with Crippen molar-refractivity contribution in [3.05, 3.63) is 29.6 Å². The average Bonchev–Trinajstić information content (AvgIpc) is 2.29. The van der Waals surface area contributed by atoms with Crippen LogP contribution in [-0.2, 0) is 0 Å². The molecule has 0 radical (unpaired) electrons. The number of halogens is 1. The molecule has 0 spiro atoms. The number of nitrogens with zero attached hydrogens (tertiary/aromatic N) is 1. The Morgan fingerprint density at radius 2 is 2.24 bits per heavy atom. The number of hydrogen-bond acceptors (Lipinski definition) is 3. The maximum absolute atomic E-state index is 13.7. The van der Waals surface area contributed by atoms with Crippen molar-refractivity contribution < 1.29 is 9.50 Å². The first-order chi connectivity index (χ1) is 8.10. The van der Waals surface area contributed by atoms with Gasteiger partial charge in [-0.1, -0.05) is 12.2 Å². The van der Waals surface area contributed by atoms with Crippen LogP contribution >= 0.6 is 12.2 Å². The molecule has 0 aromatic heterocycles. The summed E-state index contributed by atoms with van der Waals surface area (Å²) in [4.78, 5) is 2.05. The van der Waals surface area contributed by atoms with Gasteiger partial charge in [0.15, 0.2) is 0 Å². The molecule has 17 heavy (non-hydrogen) atoms. The first kappa shape index (κ1) is 13.9. The van der Waals surface area contributed by atoms with Crippen LogP contribution in [0.4, 0.5) is 10.1 Å². The van der Waals surface area contributed by atoms with E-state index in [1.165, 1.54) is 6.07 Å². The van der Waals surface area contributed by atoms with Crippen LogP contribution in [0.3, 0.4) is 0 Å². The Morgan fingerprint density at radius 3 is 2.71 bits per heavy atom. The molecule has 0 atom stereocenters. The minimum absolute atomic E-state index is 0.0625. The van der Waals surface area contributed by atoms with Crippen molar-refractivity contribution in [2.24, 2.45) is 5.73 Å². The molecule has 94 valence electrons. The zero-order valence-corrected chi connectivity index (χ0v) is 10.6. The molecule has 1 rings (SSSR count). The van der Waals surface area contributed by atoms with Crippen molar-refractivity contribution in [3.8, 4) is 0 Å². The second kappa shape index (κ2) is 6.51. The Morgan fingerprint density at radius 1 is 1.53 bits per heavy atom. The van der Waals surface area contributed by atoms with Crippen molar-refractivity contribution in [1.29, 1.82) is 0 Å². The van der Waals surface area contributed by atoms with Crippen LogP contribution in [0, 0.1) is 5.82 Å². The number of rotatable bonds is 6. The number of aliphatic hydroxyl groups is 1. The summed E-state index contributed by atoms with van der Waals surface area (Å²) in [5.74, 6) is -0.405. The van der Waals surface area contributed by atoms with Crippen LogP contribution in [0.25, 0.3) is 0 Å². The zero-order chi connectivity index (χ0) is 12.8. The fraction of sp³-hybridized carbons (Fsp3) is 0.417. The molecule has 0 aliphatic rings. The molecule has 3 N–H and O–H groups in total. The molecule has 1 aromatic carbocycles. The standard InChI is InChI=1S/C12H17FN2OS/c1-2-15(6-3-7-16)9-4-5-10(12(14)17)11(13)8-9/h4-5,8,16H,2-3,6-7H2,1H3,(H2,14,17). The molecule has 0 bridgehead atoms. The summed E-state index contributed by atoms with van der Waals surface area (Å²) in [5, 5.41) is 8.79. The zero-order valence-electron chi connectivity index (χ0n) is 9.82. The van der Waals surface area contributed by atoms with E-state index in [2.05, 4.69) is 0 Å². The third-order valence-corrected chi connectivity index (χ3v) is 2.77. The predicted octanol–water partition coefficient (Wildman–Crippen LogP) is 1.67. The van der Waals surface area contributed by atoms with Gasteiger partial charge in [-0.2, -0.15) is 0 Å². The summed E-state index contributed by atoms with van der Waals surface area (Å²) in [6.45, 7) is 3.56. The Labute approximate surface area is 106 Å². The van der Waals surface area contributed by atoms with Crippen LogP contribution in [-0.4, -0.2) is 29.8 Å². The van der Waals surface area contributed by atoms with Crippen LogP contribution in [0.1, 0.15) is 18.9 Å². The molecular weight excluding hydrogens is 239 g/mol. The van der Waals surface area contributed by atoms with Crippen molar-refractivity contribution in [2.45, 2.75) is 13.3 Å². The van der Waals surface area contributed by atoms with Gasteiger partial charge in [0.1, 0.15) is 10.8 Å². The van der Waals surface area contributed by atoms with Crippen molar-refractivity contribution in [2.75, 3.05) is 24.6 Å². The number of aliphatic hydroxyl groups excluding tert-OH is 1. The predicted molar refractivity (Wildman–Crippen MR) is 71.9 cm³/mol. The molecule has 0 fully saturated rings. The lowest BCUT2D eigenvalue weighted by Gasteiger charge is -2.23. The fourth-order valence-corrected chi connectivity index (χ4v) is 1.80. The monoisotopic (exact) mass is 256 g/mol. The van der Waals surface area contributed by atoms with Crippen molar-refractivity contribution in [3.63, 3.8) is 0 Å². The highest BCUT2D eigenvalue weighted by Crippen LogP contribution is 2.19. The van der Waals surface area contributed by atoms with Crippen LogP contribution in [0.5, 0.6) is 0 Å². The maximum Gasteiger partial charge on any atom is 0.135 e. The van der Waals surface area contributed by atoms with Gasteiger partial charge in [-0.25, -0.2) is 4.39 Å². The molecule has 0 amide bonds. The SMILES string of the molecule is CCN(CCCO)c1ccc(C(N)=S)c(F)c1. The van der Waals surface area contributed by atoms with E-state index < -0.39 is 5.82 Å². The lowest BCUT2D eigenvalue weighted by Crippen LogP contribution is -2.25. The van der Waals surface area contributed by atoms with Crippen LogP contribution < -0.4 is 10.6 Å². The molecule has 0 aliphatic carbocycles. The molecule has 0 heterocycles. The lowest BCUT2D eigenvalue weighted by atomic mass is 10.1. The summed E-state index contributed by atoms with van der Waals surface area (Å²) in [7, 11) is 0. The summed E-state index contributed by atoms with van der Waals surface area (Å²) < 4.78 is 13.7. The number of thiocarbonyl (C=S) groups is 1. The quantitative estimate of drug-likeness (QED) is 0.760. The van der Waals surface area contributed by atoms with E-state index >= 15 is 0 Å². The topological polar surface area (TPSA) is 49.5 Å². The fourth-order valence-electron chi connectivity index (χ4n) is 1.63. The third-order valence-electron chi connectivity index (χ3n) is 2.55. The van der Waals surface area contributed by atoms with Gasteiger partial charge in [-0.15, -0.1) is 0 Å². The van der Waals surface area contributed by atoms with Gasteiger partial charge in [0.25, 0.3) is 0 Å². The number of anilines is 1. The van der Waals surface area contributed by atoms with E-state index in [-0.39, 0.29) is 17.2 Å². The van der Waals surface area contributed by atoms with Crippen LogP contribution in [0.2, 0.25) is 0 Å². The molecule has 3 nitrogen and oxygen atoms in total. The van der Waals surface area contributed by atoms with Crippen molar-refractivity contribution in [1.82, 2.24) is 0 Å². The first-order valence-electron chi connectivity index (χ1n) is 5.55. The Kier molecular flexibility index (Phi) is 5.31. The second-order valence-electron chi connectivity index (χ2n) is 3.69. The Bertz CT molecular complexity index is 398. The summed E-state index contributed by atoms with van der Waals surface area (Å²) in [5.41, 5.74) is 6.44. The minimum atomic E-state index is -0.405. The molecule has 0 saturated heterocycles. The average molecular weight is 256 g/mol. The highest BCUT2D eigenvalue weighted by Gasteiger charge is 2.09. The molecule has 0 unspecified atom stereocenters. The van der Waals surface area contributed by atoms with Crippen molar-refractivity contribution >= 4 is 22.9 Å². The van der Waals surface area contributed by atoms with Gasteiger partial charge in [0.05, 0.1) is 0 Å². The molecule has 0 saturated carbocycles. The van der Waals surface area contributed by atoms with Gasteiger partial charge in [-0.3, -0.25) is 0 Å². The largest absolute Gasteiger partial charge is 0.396 e. The van der Waals surface area contributed by atoms with E-state index in [1.54, 1.807) is 12.1 Å². The highest BCUT2D eigenvalue weighted by atomic mass is 32.1. The molecular formula is C12H17FN2OS. The number of hydrogen-bond donors (Lipinski definition) is 2. The summed E-state index contributed by atoms with van der Waals surface area (Å²) in [6.07, 6.45) is 0.659. The third kappa shape index (κ3) is 3.64. The van der Waals surface area contributed by atoms with Gasteiger partial charge in [0.2, 0.25) is 0 Å². The summed E-state index contributed by atoms with van der Waals surface area (Å²) >= 11 is 4.75. The molecule has 1 aromatic rings. The molecule has 0 aliphatic heterocycles. The first-order valence-corrected chi connectivity index (χ1v) is 5.96. The van der Waals surface area contributed by atoms with E-state index in [4.69, 9.17) is 23.1 Å². The Hall–Kier alpha value is -1.20. The normalized spacial score (nSPS) is 10.3. The van der Waals surface area contributed by atoms with Gasteiger partial charge in [-0.05, 0) is 31.5 Å². The Balaban J connectivity index is 2.90. The van der Waals surface area contributed by atoms with E-state index in [0.29, 0.717) is 13.0 Å². The minimum Gasteiger partial charge on any atom is -0.396 e.